The molecule has 0 aromatic heterocycles. The number of carboxylic acid groups (broad SMARTS) is 1. The van der Waals surface area contributed by atoms with E-state index >= 15 is 0 Å². The number of anilines is 1. The lowest BCUT2D eigenvalue weighted by molar-refractivity contribution is -0.163. The van der Waals surface area contributed by atoms with Gasteiger partial charge in [0, 0.05) is 47.2 Å². The summed E-state index contributed by atoms with van der Waals surface area (Å²) in [5, 5.41) is 18.9. The van der Waals surface area contributed by atoms with Crippen LogP contribution in [-0.4, -0.2) is 59.3 Å². The van der Waals surface area contributed by atoms with Crippen molar-refractivity contribution in [3.63, 3.8) is 0 Å². The standard InChI is InChI=1S/C28H28F6N2O4S/c1-16(25(38)36-13-9-19(37)10-14-36)21-5-6-22(24(28(32,33)34)23(21)27(29,30)31)41-20-4-2-3-18(15-20)35-11-7-17(8-12-35)26(39)40/h2-6,15,17,19,37H,1,7-14H2,(H,39,40). The number of aliphatic hydroxyl groups excluding tert-OH is 1. The Labute approximate surface area is 236 Å². The molecule has 6 nitrogen and oxygen atoms in total. The minimum Gasteiger partial charge on any atom is -0.481 e. The van der Waals surface area contributed by atoms with Crippen LogP contribution in [0.1, 0.15) is 42.4 Å². The van der Waals surface area contributed by atoms with E-state index in [4.69, 9.17) is 0 Å². The van der Waals surface area contributed by atoms with E-state index in [2.05, 4.69) is 6.58 Å². The molecular weight excluding hydrogens is 574 g/mol. The first kappa shape index (κ1) is 30.8. The summed E-state index contributed by atoms with van der Waals surface area (Å²) < 4.78 is 85.9. The molecule has 2 heterocycles. The predicted molar refractivity (Wildman–Crippen MR) is 140 cm³/mol. The lowest BCUT2D eigenvalue weighted by Crippen LogP contribution is -2.40. The molecule has 0 spiro atoms. The highest BCUT2D eigenvalue weighted by Gasteiger charge is 2.47. The van der Waals surface area contributed by atoms with Gasteiger partial charge in [-0.05, 0) is 55.5 Å². The van der Waals surface area contributed by atoms with Gasteiger partial charge in [0.1, 0.15) is 0 Å². The van der Waals surface area contributed by atoms with E-state index in [9.17, 15) is 46.1 Å². The van der Waals surface area contributed by atoms with Crippen molar-refractivity contribution in [3.8, 4) is 0 Å². The van der Waals surface area contributed by atoms with Gasteiger partial charge in [-0.1, -0.05) is 30.5 Å². The average molecular weight is 603 g/mol. The molecule has 2 aliphatic rings. The van der Waals surface area contributed by atoms with Crippen LogP contribution in [0.5, 0.6) is 0 Å². The monoisotopic (exact) mass is 602 g/mol. The number of hydrogen-bond donors (Lipinski definition) is 2. The van der Waals surface area contributed by atoms with Gasteiger partial charge in [-0.15, -0.1) is 0 Å². The summed E-state index contributed by atoms with van der Waals surface area (Å²) in [4.78, 5) is 26.8. The Hall–Kier alpha value is -3.19. The van der Waals surface area contributed by atoms with Crippen molar-refractivity contribution in [2.75, 3.05) is 31.1 Å². The number of likely N-dealkylation sites (tertiary alicyclic amines) is 1. The number of carbonyl (C=O) groups is 2. The summed E-state index contributed by atoms with van der Waals surface area (Å²) in [5.41, 5.74) is -4.91. The molecule has 2 fully saturated rings. The number of rotatable bonds is 6. The van der Waals surface area contributed by atoms with Crippen LogP contribution in [0.3, 0.4) is 0 Å². The molecule has 2 saturated heterocycles. The Balaban J connectivity index is 1.68. The van der Waals surface area contributed by atoms with E-state index in [1.54, 1.807) is 18.2 Å². The molecule has 2 aromatic rings. The Kier molecular flexibility index (Phi) is 8.98. The summed E-state index contributed by atoms with van der Waals surface area (Å²) in [6.07, 6.45) is -10.3. The van der Waals surface area contributed by atoms with Crippen LogP contribution >= 0.6 is 11.8 Å². The van der Waals surface area contributed by atoms with Crippen LogP contribution in [-0.2, 0) is 21.9 Å². The molecule has 2 aliphatic heterocycles. The topological polar surface area (TPSA) is 81.1 Å². The van der Waals surface area contributed by atoms with Gasteiger partial charge in [0.25, 0.3) is 5.91 Å². The zero-order valence-electron chi connectivity index (χ0n) is 21.8. The van der Waals surface area contributed by atoms with Crippen LogP contribution in [0, 0.1) is 5.92 Å². The molecule has 1 amide bonds. The summed E-state index contributed by atoms with van der Waals surface area (Å²) in [6, 6.07) is 8.08. The molecule has 0 saturated carbocycles. The van der Waals surface area contributed by atoms with Gasteiger partial charge in [0.05, 0.1) is 23.1 Å². The molecule has 13 heteroatoms. The number of halogens is 6. The Morgan fingerprint density at radius 3 is 2.05 bits per heavy atom. The highest BCUT2D eigenvalue weighted by molar-refractivity contribution is 7.99. The van der Waals surface area contributed by atoms with Crippen LogP contribution in [0.2, 0.25) is 0 Å². The number of carbonyl (C=O) groups excluding carboxylic acids is 1. The smallest absolute Gasteiger partial charge is 0.418 e. The number of aliphatic carboxylic acids is 1. The average Bonchev–Trinajstić information content (AvgIpc) is 2.91. The summed E-state index contributed by atoms with van der Waals surface area (Å²) in [5.74, 6) is -2.30. The molecule has 222 valence electrons. The highest BCUT2D eigenvalue weighted by atomic mass is 32.2. The first-order valence-corrected chi connectivity index (χ1v) is 13.7. The van der Waals surface area contributed by atoms with Gasteiger partial charge in [-0.25, -0.2) is 0 Å². The molecule has 2 N–H and O–H groups in total. The third-order valence-corrected chi connectivity index (χ3v) is 8.37. The van der Waals surface area contributed by atoms with Crippen molar-refractivity contribution in [2.45, 2.75) is 53.9 Å². The third kappa shape index (κ3) is 7.00. The molecule has 0 unspecified atom stereocenters. The van der Waals surface area contributed by atoms with E-state index in [0.717, 1.165) is 12.1 Å². The van der Waals surface area contributed by atoms with Gasteiger partial charge in [-0.2, -0.15) is 26.3 Å². The van der Waals surface area contributed by atoms with Crippen molar-refractivity contribution >= 4 is 34.9 Å². The quantitative estimate of drug-likeness (QED) is 0.304. The minimum atomic E-state index is -5.45. The Morgan fingerprint density at radius 1 is 0.878 bits per heavy atom. The number of carboxylic acids is 1. The van der Waals surface area contributed by atoms with Crippen LogP contribution in [0.25, 0.3) is 5.57 Å². The number of piperidine rings is 2. The zero-order valence-corrected chi connectivity index (χ0v) is 22.6. The van der Waals surface area contributed by atoms with Gasteiger partial charge in [0.2, 0.25) is 0 Å². The van der Waals surface area contributed by atoms with Crippen LogP contribution in [0.15, 0.2) is 52.8 Å². The van der Waals surface area contributed by atoms with Gasteiger partial charge in [0.15, 0.2) is 0 Å². The molecular formula is C28H28F6N2O4S. The molecule has 0 bridgehead atoms. The molecule has 0 atom stereocenters. The maximum absolute atomic E-state index is 14.3. The van der Waals surface area contributed by atoms with Gasteiger partial charge in [-0.3, -0.25) is 9.59 Å². The van der Waals surface area contributed by atoms with Crippen molar-refractivity contribution in [3.05, 3.63) is 59.7 Å². The molecule has 0 aliphatic carbocycles. The predicted octanol–water partition coefficient (Wildman–Crippen LogP) is 6.17. The van der Waals surface area contributed by atoms with Crippen molar-refractivity contribution in [2.24, 2.45) is 5.92 Å². The second kappa shape index (κ2) is 12.0. The third-order valence-electron chi connectivity index (χ3n) is 7.32. The number of nitrogens with zero attached hydrogens (tertiary/aromatic N) is 2. The first-order valence-electron chi connectivity index (χ1n) is 12.9. The minimum absolute atomic E-state index is 0.0464. The van der Waals surface area contributed by atoms with E-state index < -0.39 is 63.4 Å². The van der Waals surface area contributed by atoms with Crippen LogP contribution < -0.4 is 4.90 Å². The Bertz CT molecular complexity index is 1310. The summed E-state index contributed by atoms with van der Waals surface area (Å²) >= 11 is 0.519. The zero-order chi connectivity index (χ0) is 30.1. The van der Waals surface area contributed by atoms with E-state index in [-0.39, 0.29) is 30.8 Å². The summed E-state index contributed by atoms with van der Waals surface area (Å²) in [6.45, 7) is 4.36. The number of alkyl halides is 6. The molecule has 41 heavy (non-hydrogen) atoms. The fourth-order valence-corrected chi connectivity index (χ4v) is 6.16. The fraction of sp³-hybridized carbons (Fsp3) is 0.429. The van der Waals surface area contributed by atoms with Crippen LogP contribution in [0.4, 0.5) is 32.0 Å². The number of hydrogen-bond acceptors (Lipinski definition) is 5. The molecule has 4 rings (SSSR count). The maximum Gasteiger partial charge on any atom is 0.418 e. The largest absolute Gasteiger partial charge is 0.481 e. The number of benzene rings is 2. The normalized spacial score (nSPS) is 17.5. The molecule has 2 aromatic carbocycles. The second-order valence-electron chi connectivity index (χ2n) is 10.1. The van der Waals surface area contributed by atoms with E-state index in [0.29, 0.717) is 43.4 Å². The van der Waals surface area contributed by atoms with Crippen molar-refractivity contribution in [1.29, 1.82) is 0 Å². The van der Waals surface area contributed by atoms with E-state index in [1.165, 1.54) is 11.0 Å². The van der Waals surface area contributed by atoms with Gasteiger partial charge < -0.3 is 20.0 Å². The Morgan fingerprint density at radius 2 is 1.49 bits per heavy atom. The number of amides is 1. The fourth-order valence-electron chi connectivity index (χ4n) is 5.13. The maximum atomic E-state index is 14.3. The van der Waals surface area contributed by atoms with Gasteiger partial charge >= 0.3 is 18.3 Å². The second-order valence-corrected chi connectivity index (χ2v) is 11.2. The SMILES string of the molecule is C=C(C(=O)N1CCC(O)CC1)c1ccc(Sc2cccc(N3CCC(C(=O)O)CC3)c2)c(C(F)(F)F)c1C(F)(F)F. The summed E-state index contributed by atoms with van der Waals surface area (Å²) in [7, 11) is 0. The highest BCUT2D eigenvalue weighted by Crippen LogP contribution is 2.49. The van der Waals surface area contributed by atoms with E-state index in [1.807, 2.05) is 4.90 Å². The van der Waals surface area contributed by atoms with Crippen molar-refractivity contribution < 1.29 is 46.1 Å². The van der Waals surface area contributed by atoms with Crippen molar-refractivity contribution in [1.82, 2.24) is 4.90 Å². The first-order chi connectivity index (χ1) is 19.2. The lowest BCUT2D eigenvalue weighted by Gasteiger charge is -2.32. The molecule has 0 radical (unpaired) electrons. The number of aliphatic hydroxyl groups is 1. The lowest BCUT2D eigenvalue weighted by atomic mass is 9.93.